The van der Waals surface area contributed by atoms with Crippen LogP contribution < -0.4 is 24.6 Å². The van der Waals surface area contributed by atoms with Gasteiger partial charge in [-0.1, -0.05) is 42.1 Å². The third kappa shape index (κ3) is 3.03. The number of likely N-dealkylation sites (N-methyl/N-ethyl adjacent to an activating group) is 1. The normalized spacial score (nSPS) is 19.3. The first-order chi connectivity index (χ1) is 15.4. The molecule has 3 heterocycles. The monoisotopic (exact) mass is 480 g/mol. The predicted molar refractivity (Wildman–Crippen MR) is 135 cm³/mol. The minimum atomic E-state index is -0.189. The molecular weight excluding hydrogens is 460 g/mol. The lowest BCUT2D eigenvalue weighted by molar-refractivity contribution is -0.120. The van der Waals surface area contributed by atoms with Gasteiger partial charge in [-0.3, -0.25) is 19.4 Å². The molecule has 0 bridgehead atoms. The second kappa shape index (κ2) is 7.91. The lowest BCUT2D eigenvalue weighted by atomic mass is 10.3. The second-order valence-electron chi connectivity index (χ2n) is 7.39. The fourth-order valence-corrected chi connectivity index (χ4v) is 6.78. The van der Waals surface area contributed by atoms with Crippen LogP contribution in [0, 0.1) is 0 Å². The molecule has 1 aromatic heterocycles. The van der Waals surface area contributed by atoms with E-state index in [0.29, 0.717) is 26.5 Å². The summed E-state index contributed by atoms with van der Waals surface area (Å²) in [5, 5.41) is 1.30. The molecule has 0 saturated carbocycles. The van der Waals surface area contributed by atoms with Gasteiger partial charge in [0.05, 0.1) is 5.69 Å². The van der Waals surface area contributed by atoms with Crippen LogP contribution >= 0.6 is 35.3 Å². The fraction of sp³-hybridized carbons (Fsp3) is 0.174. The molecule has 2 aromatic carbocycles. The summed E-state index contributed by atoms with van der Waals surface area (Å²) in [6, 6.07) is 17.6. The van der Waals surface area contributed by atoms with Crippen molar-refractivity contribution in [1.82, 2.24) is 9.47 Å². The number of rotatable bonds is 2. The van der Waals surface area contributed by atoms with Gasteiger partial charge in [0.2, 0.25) is 0 Å². The van der Waals surface area contributed by atoms with E-state index < -0.39 is 0 Å². The Morgan fingerprint density at radius 2 is 1.66 bits per heavy atom. The van der Waals surface area contributed by atoms with Crippen molar-refractivity contribution in [2.45, 2.75) is 11.8 Å². The lowest BCUT2D eigenvalue weighted by Gasteiger charge is -2.19. The molecule has 1 saturated heterocycles. The van der Waals surface area contributed by atoms with Crippen LogP contribution in [-0.4, -0.2) is 34.1 Å². The van der Waals surface area contributed by atoms with Gasteiger partial charge in [-0.15, -0.1) is 11.3 Å². The van der Waals surface area contributed by atoms with Crippen LogP contribution in [0.25, 0.3) is 10.7 Å². The number of aromatic nitrogens is 1. The number of amides is 1. The van der Waals surface area contributed by atoms with Crippen molar-refractivity contribution in [2.75, 3.05) is 23.4 Å². The molecule has 0 unspecified atom stereocenters. The Morgan fingerprint density at radius 3 is 2.34 bits per heavy atom. The number of anilines is 2. The number of nitrogens with zero attached hydrogens (tertiary/aromatic N) is 4. The van der Waals surface area contributed by atoms with Crippen LogP contribution in [0.1, 0.15) is 6.92 Å². The van der Waals surface area contributed by atoms with E-state index in [1.165, 1.54) is 11.3 Å². The molecule has 6 nitrogen and oxygen atoms in total. The molecule has 5 rings (SSSR count). The summed E-state index contributed by atoms with van der Waals surface area (Å²) in [6.07, 6.45) is 0. The zero-order valence-electron chi connectivity index (χ0n) is 17.7. The van der Waals surface area contributed by atoms with E-state index in [9.17, 15) is 9.59 Å². The molecule has 3 aromatic rings. The van der Waals surface area contributed by atoms with Gasteiger partial charge in [0.15, 0.2) is 5.11 Å². The van der Waals surface area contributed by atoms with E-state index >= 15 is 0 Å². The highest BCUT2D eigenvalue weighted by Gasteiger charge is 2.40. The predicted octanol–water partition coefficient (Wildman–Crippen LogP) is 2.52. The molecule has 1 fully saturated rings. The van der Waals surface area contributed by atoms with Gasteiger partial charge in [0.1, 0.15) is 19.9 Å². The standard InChI is InChI=1S/C23H20N4O2S3/c1-4-26-19(28)17(27(23(26)30)14-10-6-5-7-11-14)21-25(3)20(29)18(32-21)22-24(2)15-12-8-9-13-16(15)31-22/h5-13H,4H2,1-3H3. The number of thiocarbonyl (C=S) groups is 1. The Morgan fingerprint density at radius 1 is 0.969 bits per heavy atom. The Labute approximate surface area is 198 Å². The Bertz CT molecular complexity index is 1440. The number of carbonyl (C=O) groups excluding carboxylic acids is 1. The van der Waals surface area contributed by atoms with Crippen molar-refractivity contribution in [1.29, 1.82) is 0 Å². The number of benzene rings is 2. The topological polar surface area (TPSA) is 48.8 Å². The summed E-state index contributed by atoms with van der Waals surface area (Å²) < 4.78 is 2.77. The van der Waals surface area contributed by atoms with Crippen LogP contribution in [0.15, 0.2) is 64.3 Å². The van der Waals surface area contributed by atoms with Crippen molar-refractivity contribution in [3.63, 3.8) is 0 Å². The Balaban J connectivity index is 1.80. The van der Waals surface area contributed by atoms with Gasteiger partial charge in [-0.05, 0) is 43.4 Å². The Hall–Kier alpha value is -2.88. The zero-order valence-corrected chi connectivity index (χ0v) is 20.2. The maximum absolute atomic E-state index is 13.4. The van der Waals surface area contributed by atoms with E-state index in [0.717, 1.165) is 21.3 Å². The molecular formula is C23H20N4O2S3. The highest BCUT2D eigenvalue weighted by Crippen LogP contribution is 2.45. The number of carbonyl (C=O) groups is 1. The molecule has 0 N–H and O–H groups in total. The van der Waals surface area contributed by atoms with Crippen LogP contribution in [0.5, 0.6) is 0 Å². The average molecular weight is 481 g/mol. The quantitative estimate of drug-likeness (QED) is 0.526. The molecule has 0 spiro atoms. The summed E-state index contributed by atoms with van der Waals surface area (Å²) in [4.78, 5) is 33.2. The summed E-state index contributed by atoms with van der Waals surface area (Å²) in [5.41, 5.74) is 2.16. The summed E-state index contributed by atoms with van der Waals surface area (Å²) >= 11 is 8.58. The first-order valence-corrected chi connectivity index (χ1v) is 12.1. The first kappa shape index (κ1) is 21.0. The molecule has 0 aliphatic carbocycles. The molecule has 2 aliphatic heterocycles. The summed E-state index contributed by atoms with van der Waals surface area (Å²) in [6.45, 7) is 2.36. The third-order valence-electron chi connectivity index (χ3n) is 5.56. The summed E-state index contributed by atoms with van der Waals surface area (Å²) in [5.74, 6) is -0.189. The van der Waals surface area contributed by atoms with Crippen molar-refractivity contribution < 1.29 is 4.79 Å². The number of thioether (sulfide) groups is 1. The van der Waals surface area contributed by atoms with E-state index in [-0.39, 0.29) is 11.5 Å². The molecule has 0 atom stereocenters. The molecule has 2 aliphatic rings. The van der Waals surface area contributed by atoms with Crippen LogP contribution in [-0.2, 0) is 11.8 Å². The molecule has 9 heteroatoms. The number of hydrogen-bond donors (Lipinski definition) is 0. The largest absolute Gasteiger partial charge is 0.337 e. The highest BCUT2D eigenvalue weighted by molar-refractivity contribution is 8.08. The number of fused-ring (bicyclic) bond motifs is 1. The van der Waals surface area contributed by atoms with Crippen molar-refractivity contribution in [3.05, 3.63) is 74.1 Å². The van der Waals surface area contributed by atoms with Gasteiger partial charge in [-0.25, -0.2) is 0 Å². The van der Waals surface area contributed by atoms with Gasteiger partial charge in [0, 0.05) is 31.2 Å². The van der Waals surface area contributed by atoms with E-state index in [1.54, 1.807) is 33.2 Å². The van der Waals surface area contributed by atoms with Crippen molar-refractivity contribution in [3.8, 4) is 0 Å². The second-order valence-corrected chi connectivity index (χ2v) is 9.78. The van der Waals surface area contributed by atoms with Crippen LogP contribution in [0.3, 0.4) is 0 Å². The van der Waals surface area contributed by atoms with Crippen molar-refractivity contribution in [2.24, 2.45) is 7.05 Å². The number of thiazole rings is 1. The number of para-hydroxylation sites is 2. The highest BCUT2D eigenvalue weighted by atomic mass is 32.2. The summed E-state index contributed by atoms with van der Waals surface area (Å²) in [7, 11) is 3.68. The maximum atomic E-state index is 13.4. The molecule has 1 amide bonds. The van der Waals surface area contributed by atoms with Crippen LogP contribution in [0.4, 0.5) is 11.4 Å². The smallest absolute Gasteiger partial charge is 0.280 e. The fourth-order valence-electron chi connectivity index (χ4n) is 3.91. The minimum absolute atomic E-state index is 0.124. The van der Waals surface area contributed by atoms with Gasteiger partial charge in [-0.2, -0.15) is 0 Å². The van der Waals surface area contributed by atoms with E-state index in [2.05, 4.69) is 0 Å². The van der Waals surface area contributed by atoms with Gasteiger partial charge >= 0.3 is 0 Å². The van der Waals surface area contributed by atoms with E-state index in [4.69, 9.17) is 12.2 Å². The molecule has 162 valence electrons. The third-order valence-corrected chi connectivity index (χ3v) is 8.56. The Kier molecular flexibility index (Phi) is 5.19. The SMILES string of the molecule is CCN1C(=O)C(=c2sc(=C3Sc4ccccc4N3C)c(=O)n2C)N(c2ccccc2)C1=S. The van der Waals surface area contributed by atoms with Gasteiger partial charge < -0.3 is 9.47 Å². The van der Waals surface area contributed by atoms with E-state index in [1.807, 2.05) is 73.5 Å². The average Bonchev–Trinajstić information content (AvgIpc) is 3.38. The number of hydrogen-bond acceptors (Lipinski definition) is 6. The van der Waals surface area contributed by atoms with Crippen molar-refractivity contribution >= 4 is 68.4 Å². The molecule has 0 radical (unpaired) electrons. The lowest BCUT2D eigenvalue weighted by Crippen LogP contribution is -2.34. The zero-order chi connectivity index (χ0) is 22.6. The van der Waals surface area contributed by atoms with Crippen LogP contribution in [0.2, 0.25) is 0 Å². The molecule has 32 heavy (non-hydrogen) atoms. The van der Waals surface area contributed by atoms with Gasteiger partial charge in [0.25, 0.3) is 11.5 Å². The maximum Gasteiger partial charge on any atom is 0.280 e. The minimum Gasteiger partial charge on any atom is -0.337 e. The first-order valence-electron chi connectivity index (χ1n) is 10.1.